The maximum Gasteiger partial charge on any atom is 0.462 e. The number of hydrogen-bond donors (Lipinski definition) is 0. The molecular weight excluding hydrogens is 1340 g/mol. The average molecular weight is 1410 g/mol. The molecular formula is C80H68O16P4. The van der Waals surface area contributed by atoms with Gasteiger partial charge in [0, 0.05) is 25.7 Å². The molecule has 1 aliphatic rings. The van der Waals surface area contributed by atoms with Crippen LogP contribution in [0.1, 0.15) is 44.5 Å². The van der Waals surface area contributed by atoms with E-state index in [9.17, 15) is 0 Å². The first-order valence-corrected chi connectivity index (χ1v) is 38.1. The van der Waals surface area contributed by atoms with Crippen LogP contribution in [0.15, 0.2) is 291 Å². The molecule has 0 radical (unpaired) electrons. The Bertz CT molecular complexity index is 4110. The smallest absolute Gasteiger partial charge is 0.462 e. The lowest BCUT2D eigenvalue weighted by Crippen LogP contribution is -2.21. The summed E-state index contributed by atoms with van der Waals surface area (Å²) < 4.78 is 145. The Balaban J connectivity index is 1.13. The zero-order valence-electron chi connectivity index (χ0n) is 54.9. The van der Waals surface area contributed by atoms with E-state index in [-0.39, 0.29) is 92.9 Å². The summed E-state index contributed by atoms with van der Waals surface area (Å²) >= 11 is 0. The highest BCUT2D eigenvalue weighted by atomic mass is 31.2. The van der Waals surface area contributed by atoms with Crippen LogP contribution in [0.2, 0.25) is 0 Å². The molecule has 0 heterocycles. The van der Waals surface area contributed by atoms with Gasteiger partial charge in [-0.05, 0) is 190 Å². The Hall–Kier alpha value is -10.8. The van der Waals surface area contributed by atoms with Gasteiger partial charge >= 0.3 is 30.4 Å². The normalized spacial score (nSPS) is 12.2. The molecule has 0 atom stereocenters. The number of methoxy groups -OCH3 is 4. The van der Waals surface area contributed by atoms with E-state index < -0.39 is 30.4 Å². The van der Waals surface area contributed by atoms with Crippen molar-refractivity contribution in [1.82, 2.24) is 0 Å². The van der Waals surface area contributed by atoms with Gasteiger partial charge in [0.05, 0.1) is 49.7 Å². The van der Waals surface area contributed by atoms with Gasteiger partial charge in [0.1, 0.15) is 69.0 Å². The van der Waals surface area contributed by atoms with E-state index in [1.807, 2.05) is 48.5 Å². The van der Waals surface area contributed by atoms with Crippen LogP contribution < -0.4 is 76.4 Å². The van der Waals surface area contributed by atoms with Gasteiger partial charge in [-0.2, -0.15) is 0 Å². The fourth-order valence-electron chi connectivity index (χ4n) is 12.0. The average Bonchev–Trinajstić information content (AvgIpc) is 0.751. The molecule has 8 bridgehead atoms. The predicted molar refractivity (Wildman–Crippen MR) is 389 cm³/mol. The first-order valence-electron chi connectivity index (χ1n) is 31.9. The number of hydrogen-bond acceptors (Lipinski definition) is 16. The second kappa shape index (κ2) is 30.1. The van der Waals surface area contributed by atoms with E-state index in [2.05, 4.69) is 0 Å². The third-order valence-electron chi connectivity index (χ3n) is 16.3. The molecule has 0 amide bonds. The van der Waals surface area contributed by atoms with Gasteiger partial charge in [-0.3, -0.25) is 0 Å². The molecule has 0 saturated heterocycles. The van der Waals surface area contributed by atoms with E-state index in [4.69, 9.17) is 55.1 Å². The minimum atomic E-state index is -4.55. The number of fused-ring (bicyclic) bond motifs is 8. The van der Waals surface area contributed by atoms with Gasteiger partial charge in [-0.15, -0.1) is 0 Å². The van der Waals surface area contributed by atoms with E-state index in [1.165, 1.54) is 28.4 Å². The fourth-order valence-corrected chi connectivity index (χ4v) is 18.7. The molecule has 0 N–H and O–H groups in total. The van der Waals surface area contributed by atoms with Crippen molar-refractivity contribution in [2.75, 3.05) is 28.4 Å². The van der Waals surface area contributed by atoms with Crippen LogP contribution in [0.25, 0.3) is 0 Å². The van der Waals surface area contributed by atoms with Crippen LogP contribution in [-0.2, 0) is 43.9 Å². The molecule has 0 aliphatic heterocycles. The van der Waals surface area contributed by atoms with Crippen molar-refractivity contribution in [3.63, 3.8) is 0 Å². The highest BCUT2D eigenvalue weighted by Gasteiger charge is 2.40. The van der Waals surface area contributed by atoms with E-state index in [1.54, 1.807) is 243 Å². The summed E-state index contributed by atoms with van der Waals surface area (Å²) in [5.74, 6) is 3.32. The zero-order valence-corrected chi connectivity index (χ0v) is 58.4. The Labute approximate surface area is 580 Å². The first-order chi connectivity index (χ1) is 48.7. The van der Waals surface area contributed by atoms with E-state index in [0.29, 0.717) is 67.5 Å². The summed E-state index contributed by atoms with van der Waals surface area (Å²) in [7, 11) is -12.1. The molecule has 13 rings (SSSR count). The summed E-state index contributed by atoms with van der Waals surface area (Å²) in [6, 6.07) is 83.4. The minimum Gasteiger partial charge on any atom is -0.496 e. The Morgan fingerprint density at radius 2 is 0.320 bits per heavy atom. The van der Waals surface area contributed by atoms with Crippen molar-refractivity contribution < 1.29 is 73.4 Å². The number of benzene rings is 12. The molecule has 12 aromatic rings. The lowest BCUT2D eigenvalue weighted by Gasteiger charge is -2.27. The van der Waals surface area contributed by atoms with Gasteiger partial charge in [0.25, 0.3) is 0 Å². The Morgan fingerprint density at radius 3 is 0.430 bits per heavy atom. The van der Waals surface area contributed by atoms with Crippen LogP contribution in [-0.4, -0.2) is 28.4 Å². The highest BCUT2D eigenvalue weighted by molar-refractivity contribution is 7.64. The van der Waals surface area contributed by atoms with Gasteiger partial charge in [0.15, 0.2) is 0 Å². The molecule has 0 spiro atoms. The molecule has 16 nitrogen and oxygen atoms in total. The van der Waals surface area contributed by atoms with E-state index >= 15 is 18.3 Å². The molecule has 12 aromatic carbocycles. The second-order valence-electron chi connectivity index (χ2n) is 23.1. The summed E-state index contributed by atoms with van der Waals surface area (Å²) in [6.45, 7) is 0. The van der Waals surface area contributed by atoms with Crippen molar-refractivity contribution in [2.45, 2.75) is 25.7 Å². The maximum absolute atomic E-state index is 16.5. The second-order valence-corrected chi connectivity index (χ2v) is 30.6. The minimum absolute atomic E-state index is 0.0950. The molecule has 0 aromatic heterocycles. The van der Waals surface area contributed by atoms with E-state index in [0.717, 1.165) is 0 Å². The number of rotatable bonds is 24. The highest BCUT2D eigenvalue weighted by Crippen LogP contribution is 2.55. The molecule has 20 heteroatoms. The van der Waals surface area contributed by atoms with Crippen molar-refractivity contribution in [3.05, 3.63) is 336 Å². The van der Waals surface area contributed by atoms with Crippen molar-refractivity contribution in [1.29, 1.82) is 0 Å². The summed E-state index contributed by atoms with van der Waals surface area (Å²) in [5, 5.41) is 0.448. The molecule has 100 heavy (non-hydrogen) atoms. The quantitative estimate of drug-likeness (QED) is 0.0521. The van der Waals surface area contributed by atoms with Crippen LogP contribution in [0, 0.1) is 0 Å². The van der Waals surface area contributed by atoms with Crippen molar-refractivity contribution >= 4 is 51.6 Å². The topological polar surface area (TPSA) is 179 Å². The summed E-state index contributed by atoms with van der Waals surface area (Å²) in [5.41, 5.74) is 3.44. The maximum atomic E-state index is 16.5. The predicted octanol–water partition coefficient (Wildman–Crippen LogP) is 18.3. The van der Waals surface area contributed by atoms with Crippen LogP contribution in [0.3, 0.4) is 0 Å². The third kappa shape index (κ3) is 15.4. The zero-order chi connectivity index (χ0) is 69.1. The monoisotopic (exact) mass is 1410 g/mol. The lowest BCUT2D eigenvalue weighted by atomic mass is 9.91. The standard InChI is InChI=1S/C80H68O16P4/c1-85-77-57-45-59-51-74(98(82,91-67-33-17-7-18-34-67)92-68-35-19-8-20-36-68)53-61(78(59)86-2)47-63-55-76(100(84,95-71-41-25-11-26-42-71)96-72-43-27-12-28-44-72)56-64(80(63)88-4)48-62-54-75(99(83,93-69-37-21-9-22-38-69)94-70-39-23-10-24-40-70)52-60(79(62)87-3)46-58(77)50-73(49-57)97(81,89-65-29-13-5-14-30-65)90-66-31-15-6-16-32-66/h5-44,49-56H,45-48H2,1-4H3. The molecule has 504 valence electrons. The summed E-state index contributed by atoms with van der Waals surface area (Å²) in [6.07, 6.45) is -0.380. The summed E-state index contributed by atoms with van der Waals surface area (Å²) in [4.78, 5) is 0. The van der Waals surface area contributed by atoms with Crippen molar-refractivity contribution in [2.24, 2.45) is 0 Å². The molecule has 1 aliphatic carbocycles. The first kappa shape index (κ1) is 67.7. The largest absolute Gasteiger partial charge is 0.496 e. The Kier molecular flexibility index (Phi) is 20.4. The van der Waals surface area contributed by atoms with Crippen LogP contribution in [0.4, 0.5) is 0 Å². The molecule has 0 fully saturated rings. The number of para-hydroxylation sites is 8. The fraction of sp³-hybridized carbons (Fsp3) is 0.100. The number of ether oxygens (including phenoxy) is 4. The van der Waals surface area contributed by atoms with Crippen molar-refractivity contribution in [3.8, 4) is 69.0 Å². The van der Waals surface area contributed by atoms with Gasteiger partial charge in [0.2, 0.25) is 0 Å². The third-order valence-corrected chi connectivity index (χ3v) is 23.4. The van der Waals surface area contributed by atoms with Gasteiger partial charge < -0.3 is 55.1 Å². The van der Waals surface area contributed by atoms with Gasteiger partial charge in [-0.25, -0.2) is 18.3 Å². The van der Waals surface area contributed by atoms with Crippen LogP contribution in [0.5, 0.6) is 69.0 Å². The van der Waals surface area contributed by atoms with Gasteiger partial charge in [-0.1, -0.05) is 146 Å². The SMILES string of the molecule is COc1c2cc(P(=O)(Oc3ccccc3)Oc3ccccc3)cc1Cc1cc(P(=O)(Oc3ccccc3)Oc3ccccc3)cc(c1OC)Cc1cc(P(=O)(Oc3ccccc3)Oc3ccccc3)cc(c1OC)Cc1cc(P(=O)(Oc3ccccc3)Oc3ccccc3)cc(c1OC)C2. The molecule has 0 unspecified atom stereocenters. The molecule has 0 saturated carbocycles. The Morgan fingerprint density at radius 1 is 0.200 bits per heavy atom. The van der Waals surface area contributed by atoms with Crippen LogP contribution >= 0.6 is 30.4 Å². The lowest BCUT2D eigenvalue weighted by molar-refractivity contribution is 0.395.